The normalized spacial score (nSPS) is 22.6. The fourth-order valence-electron chi connectivity index (χ4n) is 8.53. The molecule has 2 aliphatic heterocycles. The zero-order chi connectivity index (χ0) is 43.0. The van der Waals surface area contributed by atoms with E-state index < -0.39 is 45.9 Å². The van der Waals surface area contributed by atoms with Crippen LogP contribution < -0.4 is 15.4 Å². The highest BCUT2D eigenvalue weighted by Crippen LogP contribution is 2.48. The summed E-state index contributed by atoms with van der Waals surface area (Å²) in [7, 11) is 1.35. The molecule has 0 radical (unpaired) electrons. The first-order chi connectivity index (χ1) is 27.1. The van der Waals surface area contributed by atoms with Gasteiger partial charge in [0.15, 0.2) is 0 Å². The topological polar surface area (TPSA) is 169 Å². The van der Waals surface area contributed by atoms with Gasteiger partial charge in [0.05, 0.1) is 29.4 Å². The average Bonchev–Trinajstić information content (AvgIpc) is 3.17. The van der Waals surface area contributed by atoms with Gasteiger partial charge in [-0.25, -0.2) is 0 Å². The van der Waals surface area contributed by atoms with Gasteiger partial charge in [-0.1, -0.05) is 97.3 Å². The van der Waals surface area contributed by atoms with Gasteiger partial charge in [0.25, 0.3) is 11.8 Å². The van der Waals surface area contributed by atoms with Gasteiger partial charge >= 0.3 is 0 Å². The first-order valence-electron chi connectivity index (χ1n) is 19.9. The highest BCUT2D eigenvalue weighted by molar-refractivity contribution is 6.30. The van der Waals surface area contributed by atoms with E-state index in [1.54, 1.807) is 52.3 Å². The number of amides is 4. The highest BCUT2D eigenvalue weighted by atomic mass is 35.5. The number of piperidine rings is 2. The third-order valence-electron chi connectivity index (χ3n) is 12.3. The van der Waals surface area contributed by atoms with Crippen LogP contribution in [0.4, 0.5) is 0 Å². The molecular weight excluding hydrogens is 760 g/mol. The number of carbonyl (C=O) groups is 4. The average molecular weight is 819 g/mol. The summed E-state index contributed by atoms with van der Waals surface area (Å²) in [6, 6.07) is 16.2. The Kier molecular flexibility index (Phi) is 13.0. The zero-order valence-corrected chi connectivity index (χ0v) is 35.8. The highest BCUT2D eigenvalue weighted by Gasteiger charge is 2.52. The molecule has 4 amide bonds. The second-order valence-corrected chi connectivity index (χ2v) is 18.3. The lowest BCUT2D eigenvalue weighted by Crippen LogP contribution is -2.60. The number of benzene rings is 3. The minimum atomic E-state index is -1.25. The Labute approximate surface area is 346 Å². The third kappa shape index (κ3) is 8.56. The SMILES string of the molecule is COc1c(C(=O)N[C@H](C(=O)N2CC[C@@](O)(c3ccc(O)cc3)C(C)(C)C2)C(C)C)cccc1C(=O)N[C@@H](C(=O)N1CC[C@](O)(c2ccc(Cl)cc2)C(C)(C)C1)C(C)C. The Balaban J connectivity index is 1.30. The van der Waals surface area contributed by atoms with E-state index in [2.05, 4.69) is 10.6 Å². The van der Waals surface area contributed by atoms with Crippen molar-refractivity contribution in [3.63, 3.8) is 0 Å². The number of halogens is 1. The number of phenols is 1. The molecule has 0 bridgehead atoms. The smallest absolute Gasteiger partial charge is 0.255 e. The predicted octanol–water partition coefficient (Wildman–Crippen LogP) is 5.86. The van der Waals surface area contributed by atoms with Crippen LogP contribution >= 0.6 is 11.6 Å². The van der Waals surface area contributed by atoms with Crippen LogP contribution in [0.3, 0.4) is 0 Å². The summed E-state index contributed by atoms with van der Waals surface area (Å²) in [5, 5.41) is 39.8. The molecule has 13 heteroatoms. The molecule has 0 aliphatic carbocycles. The monoisotopic (exact) mass is 818 g/mol. The number of likely N-dealkylation sites (tertiary alicyclic amines) is 2. The third-order valence-corrected chi connectivity index (χ3v) is 12.6. The van der Waals surface area contributed by atoms with Crippen molar-refractivity contribution in [1.29, 1.82) is 0 Å². The number of hydrogen-bond acceptors (Lipinski definition) is 8. The van der Waals surface area contributed by atoms with Crippen LogP contribution in [0.15, 0.2) is 66.7 Å². The molecule has 2 aliphatic rings. The molecule has 3 aromatic rings. The number of nitrogens with zero attached hydrogens (tertiary/aromatic N) is 2. The summed E-state index contributed by atoms with van der Waals surface area (Å²) in [6.45, 7) is 15.9. The first-order valence-corrected chi connectivity index (χ1v) is 20.3. The molecule has 5 N–H and O–H groups in total. The van der Waals surface area contributed by atoms with E-state index in [0.717, 1.165) is 5.56 Å². The van der Waals surface area contributed by atoms with Crippen LogP contribution in [0.1, 0.15) is 100 Å². The van der Waals surface area contributed by atoms with E-state index in [9.17, 15) is 34.5 Å². The van der Waals surface area contributed by atoms with Crippen molar-refractivity contribution in [2.75, 3.05) is 33.3 Å². The zero-order valence-electron chi connectivity index (χ0n) is 35.1. The first kappa shape index (κ1) is 44.5. The number of nitrogens with one attached hydrogen (secondary N) is 2. The molecule has 0 saturated carbocycles. The second kappa shape index (κ2) is 16.9. The number of carbonyl (C=O) groups excluding carboxylic acids is 4. The number of ether oxygens (including phenoxy) is 1. The number of methoxy groups -OCH3 is 1. The number of aromatic hydroxyl groups is 1. The van der Waals surface area contributed by atoms with Gasteiger partial charge in [-0.05, 0) is 72.2 Å². The van der Waals surface area contributed by atoms with Crippen molar-refractivity contribution >= 4 is 35.2 Å². The van der Waals surface area contributed by atoms with Gasteiger partial charge < -0.3 is 40.5 Å². The molecule has 0 spiro atoms. The van der Waals surface area contributed by atoms with E-state index >= 15 is 0 Å². The Morgan fingerprint density at radius 2 is 1.05 bits per heavy atom. The summed E-state index contributed by atoms with van der Waals surface area (Å²) < 4.78 is 5.66. The molecule has 0 unspecified atom stereocenters. The molecule has 2 saturated heterocycles. The molecule has 314 valence electrons. The fourth-order valence-corrected chi connectivity index (χ4v) is 8.65. The Hall–Kier alpha value is -4.65. The molecule has 2 fully saturated rings. The van der Waals surface area contributed by atoms with Crippen molar-refractivity contribution < 1.29 is 39.2 Å². The van der Waals surface area contributed by atoms with Crippen LogP contribution in [0, 0.1) is 22.7 Å². The van der Waals surface area contributed by atoms with E-state index in [-0.39, 0.29) is 85.3 Å². The maximum absolute atomic E-state index is 14.1. The van der Waals surface area contributed by atoms with Gasteiger partial charge in [-0.15, -0.1) is 0 Å². The minimum Gasteiger partial charge on any atom is -0.508 e. The maximum Gasteiger partial charge on any atom is 0.255 e. The van der Waals surface area contributed by atoms with Crippen molar-refractivity contribution in [2.24, 2.45) is 22.7 Å². The molecule has 3 aromatic carbocycles. The van der Waals surface area contributed by atoms with Crippen molar-refractivity contribution in [3.05, 3.63) is 94.0 Å². The van der Waals surface area contributed by atoms with Gasteiger partial charge in [-0.2, -0.15) is 0 Å². The lowest BCUT2D eigenvalue weighted by atomic mass is 9.66. The Bertz CT molecular complexity index is 1860. The van der Waals surface area contributed by atoms with Crippen molar-refractivity contribution in [2.45, 2.75) is 91.5 Å². The fraction of sp³-hybridized carbons (Fsp3) is 0.511. The van der Waals surface area contributed by atoms with Gasteiger partial charge in [0.1, 0.15) is 23.6 Å². The minimum absolute atomic E-state index is 0.00684. The quantitative estimate of drug-likeness (QED) is 0.161. The standard InChI is InChI=1S/C45H59ClN4O8/c1-27(2)35(40(54)49-23-21-44(56,42(5,6)25-49)29-13-17-31(46)18-14-29)47-38(52)33-11-10-12-34(37(33)58-9)39(53)48-36(28(3)4)41(55)50-24-22-45(57,43(7,8)26-50)30-15-19-32(51)20-16-30/h10-20,27-28,35-36,51,56-57H,21-26H2,1-9H3,(H,47,52)(H,48,53)/t35-,36+,44+,45-/m1/s1. The molecule has 5 rings (SSSR count). The number of hydrogen-bond donors (Lipinski definition) is 5. The Morgan fingerprint density at radius 1 is 0.672 bits per heavy atom. The van der Waals surface area contributed by atoms with Crippen molar-refractivity contribution in [1.82, 2.24) is 20.4 Å². The summed E-state index contributed by atoms with van der Waals surface area (Å²) in [5.74, 6) is -2.34. The largest absolute Gasteiger partial charge is 0.508 e. The number of aliphatic hydroxyl groups is 2. The van der Waals surface area contributed by atoms with Gasteiger partial charge in [0.2, 0.25) is 11.8 Å². The predicted molar refractivity (Wildman–Crippen MR) is 222 cm³/mol. The summed E-state index contributed by atoms with van der Waals surface area (Å²) >= 11 is 6.11. The number of para-hydroxylation sites is 1. The maximum atomic E-state index is 14.1. The summed E-state index contributed by atoms with van der Waals surface area (Å²) in [4.78, 5) is 59.5. The molecule has 58 heavy (non-hydrogen) atoms. The second-order valence-electron chi connectivity index (χ2n) is 17.8. The molecular formula is C45H59ClN4O8. The lowest BCUT2D eigenvalue weighted by molar-refractivity contribution is -0.156. The number of rotatable bonds is 11. The Morgan fingerprint density at radius 3 is 1.40 bits per heavy atom. The van der Waals surface area contributed by atoms with Crippen LogP contribution in [-0.2, 0) is 20.8 Å². The van der Waals surface area contributed by atoms with E-state index in [1.165, 1.54) is 31.4 Å². The summed E-state index contributed by atoms with van der Waals surface area (Å²) in [5.41, 5.74) is -2.51. The van der Waals surface area contributed by atoms with Crippen LogP contribution in [0.2, 0.25) is 5.02 Å². The van der Waals surface area contributed by atoms with E-state index in [4.69, 9.17) is 16.3 Å². The van der Waals surface area contributed by atoms with Crippen LogP contribution in [0.5, 0.6) is 11.5 Å². The van der Waals surface area contributed by atoms with E-state index in [1.807, 2.05) is 55.4 Å². The lowest BCUT2D eigenvalue weighted by Gasteiger charge is -2.51. The van der Waals surface area contributed by atoms with Gasteiger partial charge in [-0.3, -0.25) is 19.2 Å². The molecule has 12 nitrogen and oxygen atoms in total. The van der Waals surface area contributed by atoms with Crippen LogP contribution in [0.25, 0.3) is 0 Å². The van der Waals surface area contributed by atoms with E-state index in [0.29, 0.717) is 10.6 Å². The number of phenolic OH excluding ortho intramolecular Hbond substituents is 1. The molecule has 2 heterocycles. The molecule has 4 atom stereocenters. The van der Waals surface area contributed by atoms with Crippen molar-refractivity contribution in [3.8, 4) is 11.5 Å². The summed E-state index contributed by atoms with van der Waals surface area (Å²) in [6.07, 6.45) is 0.537. The van der Waals surface area contributed by atoms with Crippen LogP contribution in [-0.4, -0.2) is 94.1 Å². The van der Waals surface area contributed by atoms with Gasteiger partial charge in [0, 0.05) is 42.0 Å². The molecule has 0 aromatic heterocycles.